The quantitative estimate of drug-likeness (QED) is 0.225. The number of alkyl halides is 1. The van der Waals surface area contributed by atoms with Crippen LogP contribution in [0.3, 0.4) is 0 Å². The summed E-state index contributed by atoms with van der Waals surface area (Å²) in [5.41, 5.74) is -0.954. The number of ether oxygens (including phenoxy) is 1. The molecule has 0 saturated carbocycles. The molecular weight excluding hydrogens is 350 g/mol. The molecule has 114 valence electrons. The fourth-order valence-electron chi connectivity index (χ4n) is 0.985. The Morgan fingerprint density at radius 1 is 1.25 bits per heavy atom. The van der Waals surface area contributed by atoms with Gasteiger partial charge in [-0.3, -0.25) is 9.59 Å². The first-order valence-corrected chi connectivity index (χ1v) is 8.00. The topological polar surface area (TPSA) is 82.0 Å². The average molecular weight is 368 g/mol. The Balaban J connectivity index is 4.59. The SMILES string of the molecule is CCSC(=O)C(=NOCC(=O)OC(C)(C)C)C(=O)CBr. The molecule has 0 aromatic heterocycles. The van der Waals surface area contributed by atoms with Gasteiger partial charge in [-0.2, -0.15) is 0 Å². The molecule has 0 spiro atoms. The van der Waals surface area contributed by atoms with Crippen LogP contribution in [0.5, 0.6) is 0 Å². The summed E-state index contributed by atoms with van der Waals surface area (Å²) in [4.78, 5) is 39.3. The summed E-state index contributed by atoms with van der Waals surface area (Å²) in [6, 6.07) is 0. The Labute approximate surface area is 130 Å². The average Bonchev–Trinajstić information content (AvgIpc) is 2.31. The van der Waals surface area contributed by atoms with E-state index in [0.29, 0.717) is 5.75 Å². The van der Waals surface area contributed by atoms with Gasteiger partial charge in [0.05, 0.1) is 5.33 Å². The number of thioether (sulfide) groups is 1. The molecule has 0 bridgehead atoms. The van der Waals surface area contributed by atoms with Gasteiger partial charge in [0, 0.05) is 0 Å². The van der Waals surface area contributed by atoms with Crippen molar-refractivity contribution in [3.8, 4) is 0 Å². The maximum absolute atomic E-state index is 11.6. The highest BCUT2D eigenvalue weighted by Gasteiger charge is 2.21. The van der Waals surface area contributed by atoms with Gasteiger partial charge in [-0.05, 0) is 26.5 Å². The van der Waals surface area contributed by atoms with E-state index >= 15 is 0 Å². The van der Waals surface area contributed by atoms with E-state index in [1.165, 1.54) is 0 Å². The number of oxime groups is 1. The number of rotatable bonds is 7. The Morgan fingerprint density at radius 3 is 2.30 bits per heavy atom. The number of halogens is 1. The Morgan fingerprint density at radius 2 is 1.85 bits per heavy atom. The van der Waals surface area contributed by atoms with Crippen molar-refractivity contribution in [2.24, 2.45) is 5.16 Å². The number of hydrogen-bond acceptors (Lipinski definition) is 7. The molecule has 0 atom stereocenters. The van der Waals surface area contributed by atoms with E-state index in [9.17, 15) is 14.4 Å². The molecule has 0 radical (unpaired) electrons. The molecule has 0 heterocycles. The van der Waals surface area contributed by atoms with Gasteiger partial charge in [-0.25, -0.2) is 4.79 Å². The predicted molar refractivity (Wildman–Crippen MR) is 81.2 cm³/mol. The standard InChI is InChI=1S/C12H18BrNO5S/c1-5-20-11(17)10(8(15)6-13)14-18-7-9(16)19-12(2,3)4/h5-7H2,1-4H3. The van der Waals surface area contributed by atoms with E-state index < -0.39 is 29.1 Å². The first-order valence-electron chi connectivity index (χ1n) is 5.89. The van der Waals surface area contributed by atoms with Crippen molar-refractivity contribution in [2.75, 3.05) is 17.7 Å². The lowest BCUT2D eigenvalue weighted by atomic mass is 10.2. The van der Waals surface area contributed by atoms with Crippen LogP contribution in [0.25, 0.3) is 0 Å². The van der Waals surface area contributed by atoms with Gasteiger partial charge in [0.1, 0.15) is 5.60 Å². The van der Waals surface area contributed by atoms with Crippen molar-refractivity contribution in [1.82, 2.24) is 0 Å². The van der Waals surface area contributed by atoms with E-state index in [-0.39, 0.29) is 11.0 Å². The van der Waals surface area contributed by atoms with Crippen LogP contribution in [-0.4, -0.2) is 45.9 Å². The van der Waals surface area contributed by atoms with Crippen molar-refractivity contribution in [3.63, 3.8) is 0 Å². The zero-order valence-electron chi connectivity index (χ0n) is 11.9. The summed E-state index contributed by atoms with van der Waals surface area (Å²) in [5.74, 6) is -0.609. The molecule has 20 heavy (non-hydrogen) atoms. The van der Waals surface area contributed by atoms with Gasteiger partial charge in [0.2, 0.25) is 17.4 Å². The Kier molecular flexibility index (Phi) is 8.71. The summed E-state index contributed by atoms with van der Waals surface area (Å²) in [5, 5.41) is 2.92. The lowest BCUT2D eigenvalue weighted by Gasteiger charge is -2.18. The molecule has 0 saturated heterocycles. The van der Waals surface area contributed by atoms with Gasteiger partial charge in [-0.15, -0.1) is 0 Å². The first-order chi connectivity index (χ1) is 9.21. The molecule has 0 aromatic carbocycles. The van der Waals surface area contributed by atoms with Crippen molar-refractivity contribution < 1.29 is 24.0 Å². The van der Waals surface area contributed by atoms with E-state index in [2.05, 4.69) is 21.1 Å². The van der Waals surface area contributed by atoms with E-state index in [1.807, 2.05) is 0 Å². The number of nitrogens with zero attached hydrogens (tertiary/aromatic N) is 1. The third kappa shape index (κ3) is 8.31. The highest BCUT2D eigenvalue weighted by atomic mass is 79.9. The maximum Gasteiger partial charge on any atom is 0.347 e. The van der Waals surface area contributed by atoms with E-state index in [1.54, 1.807) is 27.7 Å². The lowest BCUT2D eigenvalue weighted by molar-refractivity contribution is -0.160. The van der Waals surface area contributed by atoms with Gasteiger partial charge >= 0.3 is 5.97 Å². The minimum atomic E-state index is -0.632. The second-order valence-corrected chi connectivity index (χ2v) is 6.37. The molecule has 0 unspecified atom stereocenters. The molecule has 0 aliphatic carbocycles. The Bertz CT molecular complexity index is 403. The van der Waals surface area contributed by atoms with E-state index in [0.717, 1.165) is 11.8 Å². The maximum atomic E-state index is 11.6. The van der Waals surface area contributed by atoms with Crippen LogP contribution in [0.2, 0.25) is 0 Å². The predicted octanol–water partition coefficient (Wildman–Crippen LogP) is 1.94. The zero-order chi connectivity index (χ0) is 15.8. The van der Waals surface area contributed by atoms with E-state index in [4.69, 9.17) is 9.57 Å². The minimum absolute atomic E-state index is 0.0440. The fourth-order valence-corrected chi connectivity index (χ4v) is 1.80. The summed E-state index contributed by atoms with van der Waals surface area (Å²) in [6.45, 7) is 6.47. The number of carbonyl (C=O) groups excluding carboxylic acids is 3. The number of hydrogen-bond donors (Lipinski definition) is 0. The molecule has 0 N–H and O–H groups in total. The Hall–Kier alpha value is -0.890. The van der Waals surface area contributed by atoms with Crippen LogP contribution in [0, 0.1) is 0 Å². The summed E-state index contributed by atoms with van der Waals surface area (Å²) in [6.07, 6.45) is 0. The van der Waals surface area contributed by atoms with Gasteiger partial charge in [0.15, 0.2) is 5.78 Å². The van der Waals surface area contributed by atoms with Gasteiger partial charge in [-0.1, -0.05) is 39.8 Å². The monoisotopic (exact) mass is 367 g/mol. The minimum Gasteiger partial charge on any atom is -0.457 e. The normalized spacial score (nSPS) is 11.9. The third-order valence-corrected chi connectivity index (χ3v) is 2.87. The van der Waals surface area contributed by atoms with Crippen LogP contribution in [-0.2, 0) is 24.0 Å². The molecule has 0 aromatic rings. The largest absolute Gasteiger partial charge is 0.457 e. The summed E-state index contributed by atoms with van der Waals surface area (Å²) < 4.78 is 5.00. The van der Waals surface area contributed by atoms with Crippen LogP contribution in [0.15, 0.2) is 5.16 Å². The molecule has 0 fully saturated rings. The van der Waals surface area contributed by atoms with Crippen molar-refractivity contribution in [1.29, 1.82) is 0 Å². The number of esters is 1. The van der Waals surface area contributed by atoms with Gasteiger partial charge < -0.3 is 9.57 Å². The molecule has 6 nitrogen and oxygen atoms in total. The first kappa shape index (κ1) is 19.1. The molecule has 0 amide bonds. The van der Waals surface area contributed by atoms with Crippen LogP contribution < -0.4 is 0 Å². The third-order valence-electron chi connectivity index (χ3n) is 1.61. The van der Waals surface area contributed by atoms with Crippen molar-refractivity contribution >= 4 is 50.3 Å². The number of Topliss-reactive ketones (excluding diaryl/α,β-unsaturated/α-hetero) is 1. The van der Waals surface area contributed by atoms with Crippen LogP contribution in [0.1, 0.15) is 27.7 Å². The molecule has 0 aliphatic heterocycles. The highest BCUT2D eigenvalue weighted by Crippen LogP contribution is 2.08. The summed E-state index contributed by atoms with van der Waals surface area (Å²) in [7, 11) is 0. The fraction of sp³-hybridized carbons (Fsp3) is 0.667. The van der Waals surface area contributed by atoms with Crippen molar-refractivity contribution in [3.05, 3.63) is 0 Å². The number of carbonyl (C=O) groups is 3. The zero-order valence-corrected chi connectivity index (χ0v) is 14.3. The molecule has 0 rings (SSSR count). The summed E-state index contributed by atoms with van der Waals surface area (Å²) >= 11 is 3.90. The molecule has 8 heteroatoms. The van der Waals surface area contributed by atoms with Crippen LogP contribution >= 0.6 is 27.7 Å². The second-order valence-electron chi connectivity index (χ2n) is 4.58. The number of ketones is 1. The second kappa shape index (κ2) is 9.12. The molecular formula is C12H18BrNO5S. The lowest BCUT2D eigenvalue weighted by Crippen LogP contribution is -2.27. The smallest absolute Gasteiger partial charge is 0.347 e. The van der Waals surface area contributed by atoms with Crippen LogP contribution in [0.4, 0.5) is 0 Å². The molecule has 0 aliphatic rings. The highest BCUT2D eigenvalue weighted by molar-refractivity contribution is 9.09. The van der Waals surface area contributed by atoms with Crippen molar-refractivity contribution in [2.45, 2.75) is 33.3 Å². The van der Waals surface area contributed by atoms with Gasteiger partial charge in [0.25, 0.3) is 0 Å².